The number of nitrogens with zero attached hydrogens (tertiary/aromatic N) is 3. The lowest BCUT2D eigenvalue weighted by Gasteiger charge is -2.05. The van der Waals surface area contributed by atoms with Crippen LogP contribution in [-0.2, 0) is 0 Å². The number of hydrogen-bond acceptors (Lipinski definition) is 5. The minimum atomic E-state index is 0.546. The zero-order chi connectivity index (χ0) is 13.7. The lowest BCUT2D eigenvalue weighted by molar-refractivity contribution is 0.403. The second-order valence-corrected chi connectivity index (χ2v) is 4.38. The van der Waals surface area contributed by atoms with E-state index in [2.05, 4.69) is 15.3 Å². The number of nitrogens with one attached hydrogen (secondary N) is 1. The van der Waals surface area contributed by atoms with Gasteiger partial charge in [-0.1, -0.05) is 17.8 Å². The fourth-order valence-electron chi connectivity index (χ4n) is 1.65. The van der Waals surface area contributed by atoms with Crippen molar-refractivity contribution in [1.29, 1.82) is 5.26 Å². The molecule has 0 radical (unpaired) electrons. The first-order chi connectivity index (χ1) is 9.28. The highest BCUT2D eigenvalue weighted by Gasteiger charge is 2.04. The van der Waals surface area contributed by atoms with Gasteiger partial charge in [0.05, 0.1) is 12.8 Å². The predicted molar refractivity (Wildman–Crippen MR) is 77.7 cm³/mol. The summed E-state index contributed by atoms with van der Waals surface area (Å²) in [4.78, 5) is 8.51. The van der Waals surface area contributed by atoms with Crippen LogP contribution < -0.4 is 10.1 Å². The van der Waals surface area contributed by atoms with Gasteiger partial charge < -0.3 is 4.74 Å². The van der Waals surface area contributed by atoms with Gasteiger partial charge in [0, 0.05) is 11.6 Å². The summed E-state index contributed by atoms with van der Waals surface area (Å²) in [5.41, 5.74) is 0.742. The minimum absolute atomic E-state index is 0.546. The third-order valence-electron chi connectivity index (χ3n) is 2.49. The second-order valence-electron chi connectivity index (χ2n) is 3.58. The van der Waals surface area contributed by atoms with Gasteiger partial charge in [-0.2, -0.15) is 5.26 Å². The van der Waals surface area contributed by atoms with E-state index >= 15 is 0 Å². The third-order valence-corrected chi connectivity index (χ3v) is 3.07. The number of ether oxygens (including phenoxy) is 1. The molecule has 0 bridgehead atoms. The van der Waals surface area contributed by atoms with Gasteiger partial charge in [-0.05, 0) is 29.8 Å². The zero-order valence-electron chi connectivity index (χ0n) is 10.5. The molecule has 1 aromatic heterocycles. The standard InChI is InChI=1S/C13H12N4OS/c1-18-12-11-7-10(17-13(19-2)16-8-14)4-3-9(11)5-6-15-12/h3-7H,1-2H3,(H,16,17). The summed E-state index contributed by atoms with van der Waals surface area (Å²) in [6, 6.07) is 7.63. The Balaban J connectivity index is 2.49. The van der Waals surface area contributed by atoms with Crippen molar-refractivity contribution in [2.75, 3.05) is 13.4 Å². The van der Waals surface area contributed by atoms with E-state index in [-0.39, 0.29) is 0 Å². The van der Waals surface area contributed by atoms with Crippen LogP contribution in [0.2, 0.25) is 0 Å². The Morgan fingerprint density at radius 3 is 3.00 bits per heavy atom. The molecule has 0 fully saturated rings. The Morgan fingerprint density at radius 1 is 1.47 bits per heavy atom. The Bertz CT molecular complexity index is 663. The Labute approximate surface area is 115 Å². The highest BCUT2D eigenvalue weighted by atomic mass is 32.2. The molecule has 19 heavy (non-hydrogen) atoms. The summed E-state index contributed by atoms with van der Waals surface area (Å²) in [7, 11) is 1.59. The maximum atomic E-state index is 8.61. The van der Waals surface area contributed by atoms with E-state index in [4.69, 9.17) is 10.00 Å². The van der Waals surface area contributed by atoms with Crippen LogP contribution in [0.5, 0.6) is 5.88 Å². The van der Waals surface area contributed by atoms with E-state index in [9.17, 15) is 0 Å². The van der Waals surface area contributed by atoms with Gasteiger partial charge in [0.2, 0.25) is 5.88 Å². The maximum absolute atomic E-state index is 8.61. The van der Waals surface area contributed by atoms with E-state index < -0.39 is 0 Å². The first-order valence-electron chi connectivity index (χ1n) is 5.49. The fraction of sp³-hybridized carbons (Fsp3) is 0.154. The SMILES string of the molecule is COc1nccc2ccc(N=C(NC#N)SC)cc12. The van der Waals surface area contributed by atoms with E-state index in [1.807, 2.05) is 36.7 Å². The number of benzene rings is 1. The number of thioether (sulfide) groups is 1. The largest absolute Gasteiger partial charge is 0.481 e. The molecule has 0 saturated heterocycles. The van der Waals surface area contributed by atoms with Gasteiger partial charge in [-0.25, -0.2) is 9.98 Å². The number of methoxy groups -OCH3 is 1. The van der Waals surface area contributed by atoms with Crippen molar-refractivity contribution < 1.29 is 4.74 Å². The molecule has 0 aliphatic rings. The Hall–Kier alpha value is -2.26. The molecule has 0 aliphatic heterocycles. The smallest absolute Gasteiger partial charge is 0.221 e. The molecule has 0 amide bonds. The summed E-state index contributed by atoms with van der Waals surface area (Å²) in [5.74, 6) is 0.563. The molecule has 1 heterocycles. The number of aromatic nitrogens is 1. The number of amidine groups is 1. The molecule has 0 spiro atoms. The molecule has 2 aromatic rings. The van der Waals surface area contributed by atoms with Crippen LogP contribution in [0.25, 0.3) is 10.8 Å². The van der Waals surface area contributed by atoms with Gasteiger partial charge in [0.15, 0.2) is 11.4 Å². The lowest BCUT2D eigenvalue weighted by Crippen LogP contribution is -2.12. The van der Waals surface area contributed by atoms with Crippen LogP contribution in [0, 0.1) is 11.5 Å². The molecule has 5 nitrogen and oxygen atoms in total. The zero-order valence-corrected chi connectivity index (χ0v) is 11.4. The van der Waals surface area contributed by atoms with Crippen molar-refractivity contribution in [3.63, 3.8) is 0 Å². The molecule has 0 aliphatic carbocycles. The van der Waals surface area contributed by atoms with E-state index in [0.29, 0.717) is 11.0 Å². The van der Waals surface area contributed by atoms with Crippen LogP contribution in [0.15, 0.2) is 35.5 Å². The van der Waals surface area contributed by atoms with Gasteiger partial charge in [-0.3, -0.25) is 5.32 Å². The summed E-state index contributed by atoms with van der Waals surface area (Å²) in [6.45, 7) is 0. The topological polar surface area (TPSA) is 70.3 Å². The van der Waals surface area contributed by atoms with E-state index in [1.54, 1.807) is 13.3 Å². The van der Waals surface area contributed by atoms with Crippen molar-refractivity contribution in [3.05, 3.63) is 30.5 Å². The van der Waals surface area contributed by atoms with E-state index in [0.717, 1.165) is 16.5 Å². The van der Waals surface area contributed by atoms with Crippen LogP contribution in [0.4, 0.5) is 5.69 Å². The van der Waals surface area contributed by atoms with Crippen molar-refractivity contribution in [2.24, 2.45) is 4.99 Å². The van der Waals surface area contributed by atoms with Crippen molar-refractivity contribution >= 4 is 33.4 Å². The number of fused-ring (bicyclic) bond motifs is 1. The summed E-state index contributed by atoms with van der Waals surface area (Å²) >= 11 is 1.37. The highest BCUT2D eigenvalue weighted by molar-refractivity contribution is 8.13. The first-order valence-corrected chi connectivity index (χ1v) is 6.71. The molecule has 2 rings (SSSR count). The molecule has 0 saturated carbocycles. The quantitative estimate of drug-likeness (QED) is 0.394. The number of pyridine rings is 1. The molecule has 0 atom stereocenters. The van der Waals surface area contributed by atoms with Crippen molar-refractivity contribution in [3.8, 4) is 12.1 Å². The van der Waals surface area contributed by atoms with Crippen molar-refractivity contribution in [1.82, 2.24) is 10.3 Å². The Kier molecular flexibility index (Phi) is 4.21. The molecular weight excluding hydrogens is 260 g/mol. The third kappa shape index (κ3) is 2.95. The van der Waals surface area contributed by atoms with Gasteiger partial charge >= 0.3 is 0 Å². The van der Waals surface area contributed by atoms with Crippen LogP contribution in [0.1, 0.15) is 0 Å². The number of rotatable bonds is 2. The second kappa shape index (κ2) is 6.07. The number of hydrogen-bond donors (Lipinski definition) is 1. The predicted octanol–water partition coefficient (Wildman–Crippen LogP) is 2.66. The Morgan fingerprint density at radius 2 is 2.32 bits per heavy atom. The lowest BCUT2D eigenvalue weighted by atomic mass is 10.1. The highest BCUT2D eigenvalue weighted by Crippen LogP contribution is 2.27. The monoisotopic (exact) mass is 272 g/mol. The molecule has 1 aromatic carbocycles. The van der Waals surface area contributed by atoms with Crippen molar-refractivity contribution in [2.45, 2.75) is 0 Å². The fourth-order valence-corrected chi connectivity index (χ4v) is 2.00. The normalized spacial score (nSPS) is 11.1. The van der Waals surface area contributed by atoms with Gasteiger partial charge in [0.25, 0.3) is 0 Å². The molecule has 1 N–H and O–H groups in total. The average molecular weight is 272 g/mol. The van der Waals surface area contributed by atoms with Crippen LogP contribution >= 0.6 is 11.8 Å². The first kappa shape index (κ1) is 13.2. The summed E-state index contributed by atoms with van der Waals surface area (Å²) in [5, 5.41) is 13.6. The molecule has 96 valence electrons. The summed E-state index contributed by atoms with van der Waals surface area (Å²) in [6.07, 6.45) is 5.42. The van der Waals surface area contributed by atoms with Crippen LogP contribution in [-0.4, -0.2) is 23.5 Å². The average Bonchev–Trinajstić information content (AvgIpc) is 2.46. The number of aliphatic imine (C=N–C) groups is 1. The molecule has 6 heteroatoms. The maximum Gasteiger partial charge on any atom is 0.221 e. The van der Waals surface area contributed by atoms with Gasteiger partial charge in [-0.15, -0.1) is 0 Å². The summed E-state index contributed by atoms with van der Waals surface area (Å²) < 4.78 is 5.23. The van der Waals surface area contributed by atoms with Gasteiger partial charge in [0.1, 0.15) is 0 Å². The van der Waals surface area contributed by atoms with Crippen LogP contribution in [0.3, 0.4) is 0 Å². The number of nitriles is 1. The van der Waals surface area contributed by atoms with E-state index in [1.165, 1.54) is 11.8 Å². The minimum Gasteiger partial charge on any atom is -0.481 e. The molecule has 0 unspecified atom stereocenters. The molecular formula is C13H12N4OS.